The SMILES string of the molecule is O=C(O)c1ccc2cc3cnccn3c2c1. The van der Waals surface area contributed by atoms with E-state index in [9.17, 15) is 4.79 Å². The van der Waals surface area contributed by atoms with Gasteiger partial charge in [-0.2, -0.15) is 0 Å². The molecule has 0 radical (unpaired) electrons. The summed E-state index contributed by atoms with van der Waals surface area (Å²) in [4.78, 5) is 14.9. The fourth-order valence-electron chi connectivity index (χ4n) is 1.87. The molecule has 3 aromatic rings. The molecule has 0 atom stereocenters. The molecule has 0 aliphatic carbocycles. The van der Waals surface area contributed by atoms with Crippen LogP contribution >= 0.6 is 0 Å². The van der Waals surface area contributed by atoms with Crippen LogP contribution in [-0.4, -0.2) is 20.5 Å². The number of hydrogen-bond donors (Lipinski definition) is 1. The van der Waals surface area contributed by atoms with Crippen molar-refractivity contribution < 1.29 is 9.90 Å². The van der Waals surface area contributed by atoms with Crippen LogP contribution in [0.5, 0.6) is 0 Å². The van der Waals surface area contributed by atoms with E-state index in [2.05, 4.69) is 4.98 Å². The van der Waals surface area contributed by atoms with Crippen molar-refractivity contribution in [3.63, 3.8) is 0 Å². The van der Waals surface area contributed by atoms with E-state index in [1.807, 2.05) is 22.7 Å². The van der Waals surface area contributed by atoms with Gasteiger partial charge in [-0.1, -0.05) is 6.07 Å². The Morgan fingerprint density at radius 1 is 1.31 bits per heavy atom. The summed E-state index contributed by atoms with van der Waals surface area (Å²) >= 11 is 0. The zero-order valence-electron chi connectivity index (χ0n) is 8.29. The maximum Gasteiger partial charge on any atom is 0.335 e. The van der Waals surface area contributed by atoms with Gasteiger partial charge < -0.3 is 9.51 Å². The molecule has 2 heterocycles. The molecular weight excluding hydrogens is 204 g/mol. The largest absolute Gasteiger partial charge is 0.478 e. The molecule has 78 valence electrons. The second-order valence-electron chi connectivity index (χ2n) is 3.59. The first-order chi connectivity index (χ1) is 7.75. The van der Waals surface area contributed by atoms with Crippen LogP contribution in [0.1, 0.15) is 10.4 Å². The Kier molecular flexibility index (Phi) is 1.71. The second-order valence-corrected chi connectivity index (χ2v) is 3.59. The number of carboxylic acid groups (broad SMARTS) is 1. The van der Waals surface area contributed by atoms with Gasteiger partial charge in [0.25, 0.3) is 0 Å². The molecule has 4 heteroatoms. The number of rotatable bonds is 1. The predicted molar refractivity (Wildman–Crippen MR) is 59.7 cm³/mol. The molecule has 0 spiro atoms. The number of fused-ring (bicyclic) bond motifs is 3. The highest BCUT2D eigenvalue weighted by molar-refractivity contribution is 5.95. The topological polar surface area (TPSA) is 54.6 Å². The maximum atomic E-state index is 10.9. The number of aromatic carboxylic acids is 1. The van der Waals surface area contributed by atoms with Gasteiger partial charge in [0.05, 0.1) is 22.8 Å². The summed E-state index contributed by atoms with van der Waals surface area (Å²) in [5.74, 6) is -0.911. The monoisotopic (exact) mass is 212 g/mol. The summed E-state index contributed by atoms with van der Waals surface area (Å²) in [6.45, 7) is 0. The summed E-state index contributed by atoms with van der Waals surface area (Å²) in [6, 6.07) is 7.07. The first kappa shape index (κ1) is 8.91. The maximum absolute atomic E-state index is 10.9. The van der Waals surface area contributed by atoms with E-state index in [0.29, 0.717) is 5.56 Å². The van der Waals surface area contributed by atoms with Crippen LogP contribution in [0.3, 0.4) is 0 Å². The van der Waals surface area contributed by atoms with Crippen molar-refractivity contribution in [1.82, 2.24) is 9.38 Å². The Bertz CT molecular complexity index is 700. The van der Waals surface area contributed by atoms with E-state index < -0.39 is 5.97 Å². The smallest absolute Gasteiger partial charge is 0.335 e. The lowest BCUT2D eigenvalue weighted by molar-refractivity contribution is 0.0697. The summed E-state index contributed by atoms with van der Waals surface area (Å²) in [5.41, 5.74) is 2.14. The molecule has 1 aromatic carbocycles. The molecule has 0 unspecified atom stereocenters. The predicted octanol–water partition coefficient (Wildman–Crippen LogP) is 2.19. The van der Waals surface area contributed by atoms with Crippen molar-refractivity contribution in [1.29, 1.82) is 0 Å². The average Bonchev–Trinajstić information content (AvgIpc) is 2.66. The van der Waals surface area contributed by atoms with E-state index in [1.165, 1.54) is 0 Å². The molecule has 3 rings (SSSR count). The Morgan fingerprint density at radius 3 is 3.00 bits per heavy atom. The fourth-order valence-corrected chi connectivity index (χ4v) is 1.87. The zero-order valence-corrected chi connectivity index (χ0v) is 8.29. The Hall–Kier alpha value is -2.36. The normalized spacial score (nSPS) is 11.0. The minimum Gasteiger partial charge on any atom is -0.478 e. The number of carbonyl (C=O) groups is 1. The highest BCUT2D eigenvalue weighted by Gasteiger charge is 2.06. The van der Waals surface area contributed by atoms with E-state index in [-0.39, 0.29) is 0 Å². The zero-order chi connectivity index (χ0) is 11.1. The molecule has 0 aliphatic heterocycles. The molecule has 16 heavy (non-hydrogen) atoms. The number of aromatic nitrogens is 2. The van der Waals surface area contributed by atoms with Gasteiger partial charge in [0.15, 0.2) is 0 Å². The third kappa shape index (κ3) is 1.16. The number of benzene rings is 1. The summed E-state index contributed by atoms with van der Waals surface area (Å²) in [7, 11) is 0. The standard InChI is InChI=1S/C12H8N2O2/c15-12(16)9-2-1-8-5-10-7-13-3-4-14(10)11(8)6-9/h1-7H,(H,15,16). The van der Waals surface area contributed by atoms with Crippen LogP contribution in [-0.2, 0) is 0 Å². The molecule has 4 nitrogen and oxygen atoms in total. The van der Waals surface area contributed by atoms with Crippen LogP contribution in [0, 0.1) is 0 Å². The average molecular weight is 212 g/mol. The van der Waals surface area contributed by atoms with Gasteiger partial charge in [0.1, 0.15) is 0 Å². The van der Waals surface area contributed by atoms with Gasteiger partial charge in [-0.3, -0.25) is 4.98 Å². The fraction of sp³-hybridized carbons (Fsp3) is 0. The van der Waals surface area contributed by atoms with Crippen molar-refractivity contribution in [2.75, 3.05) is 0 Å². The Labute approximate surface area is 90.8 Å². The van der Waals surface area contributed by atoms with Crippen LogP contribution < -0.4 is 0 Å². The number of carboxylic acids is 1. The molecule has 0 fully saturated rings. The minimum absolute atomic E-state index is 0.296. The molecule has 0 saturated heterocycles. The van der Waals surface area contributed by atoms with Gasteiger partial charge in [-0.15, -0.1) is 0 Å². The van der Waals surface area contributed by atoms with Crippen molar-refractivity contribution in [3.05, 3.63) is 48.4 Å². The molecule has 0 saturated carbocycles. The summed E-state index contributed by atoms with van der Waals surface area (Å²) in [6.07, 6.45) is 5.25. The molecular formula is C12H8N2O2. The first-order valence-electron chi connectivity index (χ1n) is 4.84. The van der Waals surface area contributed by atoms with E-state index in [1.54, 1.807) is 24.5 Å². The number of hydrogen-bond acceptors (Lipinski definition) is 2. The Balaban J connectivity index is 2.44. The lowest BCUT2D eigenvalue weighted by Gasteiger charge is -1.97. The van der Waals surface area contributed by atoms with Crippen molar-refractivity contribution in [2.24, 2.45) is 0 Å². The van der Waals surface area contributed by atoms with E-state index in [0.717, 1.165) is 16.4 Å². The number of nitrogens with zero attached hydrogens (tertiary/aromatic N) is 2. The van der Waals surface area contributed by atoms with Gasteiger partial charge in [0.2, 0.25) is 0 Å². The molecule has 2 aromatic heterocycles. The van der Waals surface area contributed by atoms with Crippen molar-refractivity contribution >= 4 is 22.4 Å². The highest BCUT2D eigenvalue weighted by atomic mass is 16.4. The quantitative estimate of drug-likeness (QED) is 0.672. The van der Waals surface area contributed by atoms with Gasteiger partial charge in [-0.05, 0) is 18.2 Å². The van der Waals surface area contributed by atoms with Gasteiger partial charge >= 0.3 is 5.97 Å². The van der Waals surface area contributed by atoms with Crippen LogP contribution in [0.2, 0.25) is 0 Å². The third-order valence-corrected chi connectivity index (χ3v) is 2.63. The Morgan fingerprint density at radius 2 is 2.19 bits per heavy atom. The van der Waals surface area contributed by atoms with Crippen LogP contribution in [0.25, 0.3) is 16.4 Å². The third-order valence-electron chi connectivity index (χ3n) is 2.63. The second kappa shape index (κ2) is 3.06. The van der Waals surface area contributed by atoms with Crippen molar-refractivity contribution in [2.45, 2.75) is 0 Å². The van der Waals surface area contributed by atoms with E-state index in [4.69, 9.17) is 5.11 Å². The van der Waals surface area contributed by atoms with Crippen LogP contribution in [0.4, 0.5) is 0 Å². The first-order valence-corrected chi connectivity index (χ1v) is 4.84. The van der Waals surface area contributed by atoms with Gasteiger partial charge in [0, 0.05) is 17.8 Å². The lowest BCUT2D eigenvalue weighted by Crippen LogP contribution is -1.95. The van der Waals surface area contributed by atoms with Crippen LogP contribution in [0.15, 0.2) is 42.9 Å². The molecule has 0 amide bonds. The van der Waals surface area contributed by atoms with Crippen molar-refractivity contribution in [3.8, 4) is 0 Å². The minimum atomic E-state index is -0.911. The lowest BCUT2D eigenvalue weighted by atomic mass is 10.2. The highest BCUT2D eigenvalue weighted by Crippen LogP contribution is 2.20. The summed E-state index contributed by atoms with van der Waals surface area (Å²) < 4.78 is 1.93. The summed E-state index contributed by atoms with van der Waals surface area (Å²) in [5, 5.41) is 9.94. The van der Waals surface area contributed by atoms with E-state index >= 15 is 0 Å². The molecule has 0 bridgehead atoms. The molecule has 1 N–H and O–H groups in total. The molecule has 0 aliphatic rings. The van der Waals surface area contributed by atoms with Gasteiger partial charge in [-0.25, -0.2) is 4.79 Å².